The van der Waals surface area contributed by atoms with Gasteiger partial charge < -0.3 is 4.52 Å². The van der Waals surface area contributed by atoms with E-state index in [-0.39, 0.29) is 0 Å². The van der Waals surface area contributed by atoms with Gasteiger partial charge in [-0.05, 0) is 24.1 Å². The fourth-order valence-corrected chi connectivity index (χ4v) is 1.47. The highest BCUT2D eigenvalue weighted by atomic mass is 16.5. The standard InChI is InChI=1S/C12H12N4O/c13-6-2-1-3-12-15-11(16-17-12)9-10-4-7-14-8-5-10/h4-5,7-8H,1-3,9H2. The van der Waals surface area contributed by atoms with Gasteiger partial charge in [0.2, 0.25) is 5.89 Å². The molecule has 0 fully saturated rings. The van der Waals surface area contributed by atoms with Crippen LogP contribution in [0.2, 0.25) is 0 Å². The average Bonchev–Trinajstić information content (AvgIpc) is 2.79. The fraction of sp³-hybridized carbons (Fsp3) is 0.333. The van der Waals surface area contributed by atoms with Gasteiger partial charge in [0.25, 0.3) is 0 Å². The minimum atomic E-state index is 0.516. The van der Waals surface area contributed by atoms with Gasteiger partial charge in [0, 0.05) is 31.7 Å². The molecule has 0 amide bonds. The van der Waals surface area contributed by atoms with Gasteiger partial charge in [0.05, 0.1) is 6.07 Å². The molecule has 0 aliphatic heterocycles. The number of rotatable bonds is 5. The van der Waals surface area contributed by atoms with Crippen LogP contribution in [-0.2, 0) is 12.8 Å². The van der Waals surface area contributed by atoms with Crippen LogP contribution in [0, 0.1) is 11.3 Å². The highest BCUT2D eigenvalue weighted by Crippen LogP contribution is 2.07. The maximum absolute atomic E-state index is 8.42. The second-order valence-electron chi connectivity index (χ2n) is 3.65. The molecule has 0 atom stereocenters. The summed E-state index contributed by atoms with van der Waals surface area (Å²) in [6.07, 6.45) is 6.06. The first-order valence-electron chi connectivity index (χ1n) is 5.46. The van der Waals surface area contributed by atoms with Gasteiger partial charge >= 0.3 is 0 Å². The first-order valence-corrected chi connectivity index (χ1v) is 5.46. The van der Waals surface area contributed by atoms with E-state index < -0.39 is 0 Å². The van der Waals surface area contributed by atoms with Crippen molar-refractivity contribution in [1.29, 1.82) is 5.26 Å². The van der Waals surface area contributed by atoms with Gasteiger partial charge in [-0.2, -0.15) is 10.2 Å². The summed E-state index contributed by atoms with van der Waals surface area (Å²) in [5, 5.41) is 12.3. The smallest absolute Gasteiger partial charge is 0.226 e. The van der Waals surface area contributed by atoms with Crippen LogP contribution in [0.5, 0.6) is 0 Å². The van der Waals surface area contributed by atoms with E-state index in [1.54, 1.807) is 12.4 Å². The molecule has 0 unspecified atom stereocenters. The Morgan fingerprint density at radius 1 is 1.29 bits per heavy atom. The van der Waals surface area contributed by atoms with Crippen LogP contribution < -0.4 is 0 Å². The van der Waals surface area contributed by atoms with Gasteiger partial charge in [0.1, 0.15) is 0 Å². The molecular weight excluding hydrogens is 216 g/mol. The monoisotopic (exact) mass is 228 g/mol. The zero-order chi connectivity index (χ0) is 11.9. The first-order chi connectivity index (χ1) is 8.38. The van der Waals surface area contributed by atoms with Crippen molar-refractivity contribution in [2.24, 2.45) is 0 Å². The van der Waals surface area contributed by atoms with E-state index in [4.69, 9.17) is 9.78 Å². The number of aryl methyl sites for hydroxylation is 1. The molecule has 5 nitrogen and oxygen atoms in total. The predicted molar refractivity (Wildman–Crippen MR) is 59.9 cm³/mol. The number of pyridine rings is 1. The van der Waals surface area contributed by atoms with Crippen molar-refractivity contribution < 1.29 is 4.52 Å². The Kier molecular flexibility index (Phi) is 3.81. The molecule has 0 saturated carbocycles. The van der Waals surface area contributed by atoms with E-state index in [0.717, 1.165) is 12.0 Å². The molecule has 0 N–H and O–H groups in total. The van der Waals surface area contributed by atoms with Gasteiger partial charge in [-0.1, -0.05) is 5.16 Å². The van der Waals surface area contributed by atoms with Crippen LogP contribution in [0.1, 0.15) is 30.1 Å². The minimum Gasteiger partial charge on any atom is -0.339 e. The SMILES string of the molecule is N#CCCCc1nc(Cc2ccncc2)no1. The Hall–Kier alpha value is -2.22. The molecule has 2 heterocycles. The highest BCUT2D eigenvalue weighted by molar-refractivity contribution is 5.14. The van der Waals surface area contributed by atoms with Crippen molar-refractivity contribution in [1.82, 2.24) is 15.1 Å². The lowest BCUT2D eigenvalue weighted by Gasteiger charge is -1.93. The molecule has 2 rings (SSSR count). The summed E-state index contributed by atoms with van der Waals surface area (Å²) in [6, 6.07) is 5.93. The second kappa shape index (κ2) is 5.75. The highest BCUT2D eigenvalue weighted by Gasteiger charge is 2.06. The van der Waals surface area contributed by atoms with Gasteiger partial charge in [-0.15, -0.1) is 0 Å². The van der Waals surface area contributed by atoms with Crippen LogP contribution in [0.25, 0.3) is 0 Å². The van der Waals surface area contributed by atoms with Gasteiger partial charge in [0.15, 0.2) is 5.82 Å². The Bertz CT molecular complexity index is 501. The Morgan fingerprint density at radius 2 is 2.12 bits per heavy atom. The normalized spacial score (nSPS) is 10.1. The molecular formula is C12H12N4O. The lowest BCUT2D eigenvalue weighted by Crippen LogP contribution is -1.91. The summed E-state index contributed by atoms with van der Waals surface area (Å²) in [5.74, 6) is 1.27. The number of nitriles is 1. The van der Waals surface area contributed by atoms with E-state index in [1.165, 1.54) is 0 Å². The number of unbranched alkanes of at least 4 members (excludes halogenated alkanes) is 1. The van der Waals surface area contributed by atoms with Crippen molar-refractivity contribution in [3.63, 3.8) is 0 Å². The number of aromatic nitrogens is 3. The van der Waals surface area contributed by atoms with Crippen LogP contribution in [0.15, 0.2) is 29.0 Å². The predicted octanol–water partition coefficient (Wildman–Crippen LogP) is 1.90. The number of hydrogen-bond donors (Lipinski definition) is 0. The quantitative estimate of drug-likeness (QED) is 0.730. The third-order valence-corrected chi connectivity index (χ3v) is 2.30. The van der Waals surface area contributed by atoms with Gasteiger partial charge in [-0.25, -0.2) is 0 Å². The molecule has 0 radical (unpaired) electrons. The topological polar surface area (TPSA) is 75.6 Å². The van der Waals surface area contributed by atoms with Crippen LogP contribution in [-0.4, -0.2) is 15.1 Å². The molecule has 0 bridgehead atoms. The molecule has 0 spiro atoms. The van der Waals surface area contributed by atoms with E-state index in [2.05, 4.69) is 21.2 Å². The second-order valence-corrected chi connectivity index (χ2v) is 3.65. The van der Waals surface area contributed by atoms with E-state index >= 15 is 0 Å². The summed E-state index contributed by atoms with van der Waals surface area (Å²) in [5.41, 5.74) is 1.10. The molecule has 0 aliphatic carbocycles. The molecule has 0 saturated heterocycles. The molecule has 2 aromatic rings. The third-order valence-electron chi connectivity index (χ3n) is 2.30. The zero-order valence-electron chi connectivity index (χ0n) is 9.33. The Balaban J connectivity index is 1.93. The molecule has 0 aliphatic rings. The van der Waals surface area contributed by atoms with Crippen LogP contribution in [0.4, 0.5) is 0 Å². The Labute approximate surface area is 99.1 Å². The molecule has 0 aromatic carbocycles. The van der Waals surface area contributed by atoms with Gasteiger partial charge in [-0.3, -0.25) is 4.98 Å². The summed E-state index contributed by atoms with van der Waals surface area (Å²) < 4.78 is 5.10. The zero-order valence-corrected chi connectivity index (χ0v) is 9.33. The van der Waals surface area contributed by atoms with Crippen molar-refractivity contribution in [3.05, 3.63) is 41.8 Å². The maximum atomic E-state index is 8.42. The number of hydrogen-bond acceptors (Lipinski definition) is 5. The molecule has 5 heteroatoms. The average molecular weight is 228 g/mol. The molecule has 17 heavy (non-hydrogen) atoms. The van der Waals surface area contributed by atoms with E-state index in [1.807, 2.05) is 12.1 Å². The minimum absolute atomic E-state index is 0.516. The largest absolute Gasteiger partial charge is 0.339 e. The molecule has 2 aromatic heterocycles. The maximum Gasteiger partial charge on any atom is 0.226 e. The summed E-state index contributed by atoms with van der Waals surface area (Å²) >= 11 is 0. The van der Waals surface area contributed by atoms with Crippen molar-refractivity contribution in [2.75, 3.05) is 0 Å². The summed E-state index contributed by atoms with van der Waals surface area (Å²) in [4.78, 5) is 8.22. The Morgan fingerprint density at radius 3 is 2.88 bits per heavy atom. The first kappa shape index (κ1) is 11.3. The van der Waals surface area contributed by atoms with E-state index in [9.17, 15) is 0 Å². The lowest BCUT2D eigenvalue weighted by molar-refractivity contribution is 0.371. The van der Waals surface area contributed by atoms with Crippen molar-refractivity contribution in [3.8, 4) is 6.07 Å². The fourth-order valence-electron chi connectivity index (χ4n) is 1.47. The van der Waals surface area contributed by atoms with Crippen LogP contribution >= 0.6 is 0 Å². The van der Waals surface area contributed by atoms with Crippen molar-refractivity contribution >= 4 is 0 Å². The van der Waals surface area contributed by atoms with E-state index in [0.29, 0.717) is 31.0 Å². The third kappa shape index (κ3) is 3.38. The van der Waals surface area contributed by atoms with Crippen LogP contribution in [0.3, 0.4) is 0 Å². The number of nitrogens with zero attached hydrogens (tertiary/aromatic N) is 4. The lowest BCUT2D eigenvalue weighted by atomic mass is 10.2. The summed E-state index contributed by atoms with van der Waals surface area (Å²) in [7, 11) is 0. The summed E-state index contributed by atoms with van der Waals surface area (Å²) in [6.45, 7) is 0. The molecule has 86 valence electrons. The van der Waals surface area contributed by atoms with Crippen molar-refractivity contribution in [2.45, 2.75) is 25.7 Å².